The zero-order chi connectivity index (χ0) is 17.3. The van der Waals surface area contributed by atoms with Crippen molar-refractivity contribution in [1.29, 1.82) is 0 Å². The second kappa shape index (κ2) is 6.72. The summed E-state index contributed by atoms with van der Waals surface area (Å²) in [6.45, 7) is 1.02. The highest BCUT2D eigenvalue weighted by atomic mass is 35.5. The molecule has 3 rings (SSSR count). The Bertz CT molecular complexity index is 873. The molecule has 1 saturated heterocycles. The van der Waals surface area contributed by atoms with Crippen molar-refractivity contribution in [2.45, 2.75) is 17.7 Å². The summed E-state index contributed by atoms with van der Waals surface area (Å²) in [4.78, 5) is 12.6. The molecule has 0 saturated carbocycles. The fraction of sp³-hybridized carbons (Fsp3) is 0.267. The number of anilines is 1. The first-order chi connectivity index (χ1) is 11.4. The van der Waals surface area contributed by atoms with E-state index in [-0.39, 0.29) is 21.2 Å². The van der Waals surface area contributed by atoms with E-state index in [0.29, 0.717) is 18.1 Å². The third kappa shape index (κ3) is 3.41. The summed E-state index contributed by atoms with van der Waals surface area (Å²) in [7, 11) is -3.55. The number of thiophene rings is 1. The number of nitrogens with zero attached hydrogens (tertiary/aromatic N) is 1. The number of carbonyl (C=O) groups excluding carboxylic acids is 1. The maximum Gasteiger partial charge on any atom is 0.265 e. The van der Waals surface area contributed by atoms with Gasteiger partial charge in [-0.2, -0.15) is 4.31 Å². The van der Waals surface area contributed by atoms with Crippen molar-refractivity contribution in [3.63, 3.8) is 0 Å². The van der Waals surface area contributed by atoms with Gasteiger partial charge in [-0.05, 0) is 37.1 Å². The normalized spacial score (nSPS) is 15.5. The summed E-state index contributed by atoms with van der Waals surface area (Å²) in [6, 6.07) is 5.65. The van der Waals surface area contributed by atoms with Crippen LogP contribution in [-0.4, -0.2) is 36.8 Å². The van der Waals surface area contributed by atoms with Crippen molar-refractivity contribution in [3.05, 3.63) is 39.5 Å². The van der Waals surface area contributed by atoms with Crippen molar-refractivity contribution < 1.29 is 18.3 Å². The third-order valence-corrected chi connectivity index (χ3v) is 6.90. The summed E-state index contributed by atoms with van der Waals surface area (Å²) >= 11 is 6.88. The van der Waals surface area contributed by atoms with Crippen LogP contribution in [0.1, 0.15) is 22.5 Å². The molecule has 2 N–H and O–H groups in total. The molecule has 0 unspecified atom stereocenters. The van der Waals surface area contributed by atoms with Crippen LogP contribution >= 0.6 is 22.9 Å². The molecule has 1 aliphatic heterocycles. The molecule has 2 heterocycles. The van der Waals surface area contributed by atoms with E-state index in [1.54, 1.807) is 0 Å². The fourth-order valence-electron chi connectivity index (χ4n) is 2.44. The Labute approximate surface area is 148 Å². The van der Waals surface area contributed by atoms with Crippen LogP contribution in [0.5, 0.6) is 5.75 Å². The molecule has 0 aliphatic carbocycles. The van der Waals surface area contributed by atoms with Crippen LogP contribution in [0.4, 0.5) is 5.69 Å². The lowest BCUT2D eigenvalue weighted by Gasteiger charge is -2.13. The number of hydrogen-bond donors (Lipinski definition) is 2. The molecule has 1 fully saturated rings. The molecule has 0 spiro atoms. The van der Waals surface area contributed by atoms with Crippen LogP contribution in [0.3, 0.4) is 0 Å². The fourth-order valence-corrected chi connectivity index (χ4v) is 5.29. The Kier molecular flexibility index (Phi) is 4.82. The first kappa shape index (κ1) is 17.2. The first-order valence-corrected chi connectivity index (χ1v) is 9.96. The van der Waals surface area contributed by atoms with Gasteiger partial charge in [-0.15, -0.1) is 11.3 Å². The number of hydrogen-bond acceptors (Lipinski definition) is 5. The monoisotopic (exact) mass is 386 g/mol. The first-order valence-electron chi connectivity index (χ1n) is 7.26. The van der Waals surface area contributed by atoms with Crippen LogP contribution in [0.15, 0.2) is 34.5 Å². The van der Waals surface area contributed by atoms with Gasteiger partial charge in [0, 0.05) is 23.5 Å². The number of aromatic hydroxyl groups is 1. The molecular weight excluding hydrogens is 372 g/mol. The van der Waals surface area contributed by atoms with Crippen molar-refractivity contribution in [3.8, 4) is 5.75 Å². The summed E-state index contributed by atoms with van der Waals surface area (Å²) in [5.74, 6) is -0.616. The van der Waals surface area contributed by atoms with Crippen LogP contribution in [-0.2, 0) is 10.0 Å². The second-order valence-electron chi connectivity index (χ2n) is 5.37. The largest absolute Gasteiger partial charge is 0.506 e. The van der Waals surface area contributed by atoms with Gasteiger partial charge < -0.3 is 10.4 Å². The van der Waals surface area contributed by atoms with Crippen LogP contribution in [0.2, 0.25) is 5.02 Å². The van der Waals surface area contributed by atoms with Gasteiger partial charge in [0.15, 0.2) is 0 Å². The average molecular weight is 387 g/mol. The molecule has 24 heavy (non-hydrogen) atoms. The van der Waals surface area contributed by atoms with Crippen LogP contribution < -0.4 is 5.32 Å². The molecule has 1 aromatic carbocycles. The van der Waals surface area contributed by atoms with Gasteiger partial charge in [0.05, 0.1) is 15.5 Å². The molecule has 0 radical (unpaired) electrons. The summed E-state index contributed by atoms with van der Waals surface area (Å²) in [6.07, 6.45) is 1.70. The van der Waals surface area contributed by atoms with Crippen molar-refractivity contribution in [2.24, 2.45) is 0 Å². The molecule has 0 bridgehead atoms. The maximum absolute atomic E-state index is 12.5. The van der Waals surface area contributed by atoms with E-state index in [1.165, 1.54) is 34.0 Å². The molecule has 2 aromatic rings. The highest BCUT2D eigenvalue weighted by molar-refractivity contribution is 7.89. The Morgan fingerprint density at radius 1 is 1.25 bits per heavy atom. The standard InChI is InChI=1S/C15H15ClN2O4S2/c16-10-3-4-13(19)12(7-10)17-15(20)14-8-11(9-23-14)24(21,22)18-5-1-2-6-18/h3-4,7-9,19H,1-2,5-6H2,(H,17,20). The number of nitrogens with one attached hydrogen (secondary N) is 1. The molecule has 1 amide bonds. The smallest absolute Gasteiger partial charge is 0.265 e. The van der Waals surface area contributed by atoms with Gasteiger partial charge in [-0.1, -0.05) is 11.6 Å². The molecule has 9 heteroatoms. The average Bonchev–Trinajstić information content (AvgIpc) is 3.22. The third-order valence-electron chi connectivity index (χ3n) is 3.71. The lowest BCUT2D eigenvalue weighted by molar-refractivity contribution is 0.103. The van der Waals surface area contributed by atoms with Gasteiger partial charge in [0.2, 0.25) is 10.0 Å². The lowest BCUT2D eigenvalue weighted by atomic mass is 10.3. The topological polar surface area (TPSA) is 86.7 Å². The van der Waals surface area contributed by atoms with E-state index in [2.05, 4.69) is 5.32 Å². The van der Waals surface area contributed by atoms with E-state index in [4.69, 9.17) is 11.6 Å². The van der Waals surface area contributed by atoms with Gasteiger partial charge >= 0.3 is 0 Å². The van der Waals surface area contributed by atoms with E-state index in [1.807, 2.05) is 0 Å². The summed E-state index contributed by atoms with van der Waals surface area (Å²) in [5, 5.41) is 14.1. The molecular formula is C15H15ClN2O4S2. The van der Waals surface area contributed by atoms with Gasteiger partial charge in [0.25, 0.3) is 5.91 Å². The highest BCUT2D eigenvalue weighted by Crippen LogP contribution is 2.29. The van der Waals surface area contributed by atoms with Crippen molar-refractivity contribution >= 4 is 44.6 Å². The van der Waals surface area contributed by atoms with Crippen molar-refractivity contribution in [1.82, 2.24) is 4.31 Å². The molecule has 1 aromatic heterocycles. The lowest BCUT2D eigenvalue weighted by Crippen LogP contribution is -2.27. The van der Waals surface area contributed by atoms with Crippen LogP contribution in [0.25, 0.3) is 0 Å². The predicted molar refractivity (Wildman–Crippen MR) is 93.4 cm³/mol. The number of phenols is 1. The number of sulfonamides is 1. The molecule has 0 atom stereocenters. The van der Waals surface area contributed by atoms with Crippen molar-refractivity contribution in [2.75, 3.05) is 18.4 Å². The Hall–Kier alpha value is -1.61. The number of benzene rings is 1. The van der Waals surface area contributed by atoms with Gasteiger partial charge in [-0.25, -0.2) is 8.42 Å². The Morgan fingerprint density at radius 3 is 2.67 bits per heavy atom. The highest BCUT2D eigenvalue weighted by Gasteiger charge is 2.28. The van der Waals surface area contributed by atoms with Gasteiger partial charge in [0.1, 0.15) is 5.75 Å². The zero-order valence-electron chi connectivity index (χ0n) is 12.5. The predicted octanol–water partition coefficient (Wildman–Crippen LogP) is 3.14. The van der Waals surface area contributed by atoms with E-state index in [9.17, 15) is 18.3 Å². The minimum absolute atomic E-state index is 0.116. The van der Waals surface area contributed by atoms with E-state index < -0.39 is 15.9 Å². The molecule has 6 nitrogen and oxygen atoms in total. The Balaban J connectivity index is 1.80. The van der Waals surface area contributed by atoms with Gasteiger partial charge in [-0.3, -0.25) is 4.79 Å². The SMILES string of the molecule is O=C(Nc1cc(Cl)ccc1O)c1cc(S(=O)(=O)N2CCCC2)cs1. The number of phenolic OH excluding ortho intramolecular Hbond substituents is 1. The number of amides is 1. The molecule has 128 valence electrons. The number of rotatable bonds is 4. The maximum atomic E-state index is 12.5. The van der Waals surface area contributed by atoms with Crippen LogP contribution in [0, 0.1) is 0 Å². The Morgan fingerprint density at radius 2 is 1.96 bits per heavy atom. The second-order valence-corrected chi connectivity index (χ2v) is 8.66. The minimum atomic E-state index is -3.55. The summed E-state index contributed by atoms with van der Waals surface area (Å²) < 4.78 is 26.4. The minimum Gasteiger partial charge on any atom is -0.506 e. The summed E-state index contributed by atoms with van der Waals surface area (Å²) in [5.41, 5.74) is 0.171. The number of halogens is 1. The zero-order valence-corrected chi connectivity index (χ0v) is 14.9. The molecule has 1 aliphatic rings. The van der Waals surface area contributed by atoms with E-state index >= 15 is 0 Å². The van der Waals surface area contributed by atoms with E-state index in [0.717, 1.165) is 24.2 Å². The number of carbonyl (C=O) groups is 1. The quantitative estimate of drug-likeness (QED) is 0.790.